The van der Waals surface area contributed by atoms with Crippen LogP contribution >= 0.6 is 11.6 Å². The Morgan fingerprint density at radius 3 is 2.06 bits per heavy atom. The van der Waals surface area contributed by atoms with E-state index in [0.717, 1.165) is 18.9 Å². The van der Waals surface area contributed by atoms with Gasteiger partial charge in [0, 0.05) is 19.3 Å². The van der Waals surface area contributed by atoms with Crippen LogP contribution in [0.4, 0.5) is 5.82 Å². The summed E-state index contributed by atoms with van der Waals surface area (Å²) in [4.78, 5) is 6.70. The number of hydrogen-bond donors (Lipinski definition) is 0. The second-order valence-corrected chi connectivity index (χ2v) is 5.46. The van der Waals surface area contributed by atoms with Gasteiger partial charge in [-0.15, -0.1) is 0 Å². The van der Waals surface area contributed by atoms with E-state index in [1.54, 1.807) is 6.20 Å². The fourth-order valence-corrected chi connectivity index (χ4v) is 1.81. The van der Waals surface area contributed by atoms with Crippen molar-refractivity contribution in [3.63, 3.8) is 0 Å². The average molecular weight is 241 g/mol. The molecule has 0 atom stereocenters. The Balaban J connectivity index is 2.78. The molecular formula is C13H21ClN2. The summed E-state index contributed by atoms with van der Waals surface area (Å²) in [5.74, 6) is 2.29. The Bertz CT molecular complexity index is 296. The molecule has 0 N–H and O–H groups in total. The van der Waals surface area contributed by atoms with Crippen LogP contribution in [0.3, 0.4) is 0 Å². The molecule has 1 rings (SSSR count). The molecular weight excluding hydrogens is 220 g/mol. The highest BCUT2D eigenvalue weighted by Gasteiger charge is 2.11. The van der Waals surface area contributed by atoms with E-state index in [1.165, 1.54) is 0 Å². The standard InChI is InChI=1S/C13H21ClN2/c1-10(2)8-16(9-11(3)4)13-6-5-12(14)7-15-13/h5-7,10-11H,8-9H2,1-4H3. The smallest absolute Gasteiger partial charge is 0.128 e. The maximum absolute atomic E-state index is 5.85. The molecule has 0 fully saturated rings. The van der Waals surface area contributed by atoms with Gasteiger partial charge in [0.15, 0.2) is 0 Å². The molecule has 0 amide bonds. The molecule has 0 spiro atoms. The normalized spacial score (nSPS) is 11.2. The first-order chi connectivity index (χ1) is 7.49. The highest BCUT2D eigenvalue weighted by molar-refractivity contribution is 6.30. The number of nitrogens with zero attached hydrogens (tertiary/aromatic N) is 2. The summed E-state index contributed by atoms with van der Waals surface area (Å²) in [6.45, 7) is 11.0. The van der Waals surface area contributed by atoms with Gasteiger partial charge in [0.2, 0.25) is 0 Å². The van der Waals surface area contributed by atoms with Crippen LogP contribution < -0.4 is 4.90 Å². The molecule has 0 saturated carbocycles. The molecule has 1 heterocycles. The monoisotopic (exact) mass is 240 g/mol. The lowest BCUT2D eigenvalue weighted by atomic mass is 10.1. The summed E-state index contributed by atoms with van der Waals surface area (Å²) in [6, 6.07) is 3.89. The van der Waals surface area contributed by atoms with Crippen molar-refractivity contribution in [1.29, 1.82) is 0 Å². The Hall–Kier alpha value is -0.760. The molecule has 0 aromatic carbocycles. The third-order valence-electron chi connectivity index (χ3n) is 2.21. The molecule has 0 aliphatic heterocycles. The molecule has 1 aromatic heterocycles. The van der Waals surface area contributed by atoms with Crippen molar-refractivity contribution in [2.75, 3.05) is 18.0 Å². The van der Waals surface area contributed by atoms with Crippen LogP contribution in [-0.4, -0.2) is 18.1 Å². The number of aromatic nitrogens is 1. The molecule has 0 saturated heterocycles. The second kappa shape index (κ2) is 6.09. The predicted octanol–water partition coefficient (Wildman–Crippen LogP) is 3.85. The van der Waals surface area contributed by atoms with Crippen LogP contribution in [0.15, 0.2) is 18.3 Å². The Morgan fingerprint density at radius 2 is 1.69 bits per heavy atom. The van der Waals surface area contributed by atoms with Gasteiger partial charge in [-0.1, -0.05) is 39.3 Å². The first-order valence-electron chi connectivity index (χ1n) is 5.85. The zero-order valence-corrected chi connectivity index (χ0v) is 11.3. The molecule has 1 aromatic rings. The van der Waals surface area contributed by atoms with Gasteiger partial charge >= 0.3 is 0 Å². The third kappa shape index (κ3) is 4.40. The maximum Gasteiger partial charge on any atom is 0.128 e. The van der Waals surface area contributed by atoms with E-state index < -0.39 is 0 Å². The van der Waals surface area contributed by atoms with Crippen molar-refractivity contribution >= 4 is 17.4 Å². The minimum atomic E-state index is 0.635. The number of anilines is 1. The zero-order chi connectivity index (χ0) is 12.1. The predicted molar refractivity (Wildman–Crippen MR) is 71.1 cm³/mol. The first kappa shape index (κ1) is 13.3. The van der Waals surface area contributed by atoms with E-state index >= 15 is 0 Å². The quantitative estimate of drug-likeness (QED) is 0.777. The topological polar surface area (TPSA) is 16.1 Å². The summed E-state index contributed by atoms with van der Waals surface area (Å²) in [7, 11) is 0. The maximum atomic E-state index is 5.85. The minimum absolute atomic E-state index is 0.635. The van der Waals surface area contributed by atoms with Gasteiger partial charge in [0.05, 0.1) is 5.02 Å². The summed E-state index contributed by atoms with van der Waals surface area (Å²) >= 11 is 5.85. The van der Waals surface area contributed by atoms with Crippen molar-refractivity contribution in [1.82, 2.24) is 4.98 Å². The first-order valence-corrected chi connectivity index (χ1v) is 6.23. The largest absolute Gasteiger partial charge is 0.356 e. The van der Waals surface area contributed by atoms with Gasteiger partial charge in [-0.3, -0.25) is 0 Å². The fourth-order valence-electron chi connectivity index (χ4n) is 1.70. The number of rotatable bonds is 5. The van der Waals surface area contributed by atoms with Gasteiger partial charge in [0.1, 0.15) is 5.82 Å². The van der Waals surface area contributed by atoms with Crippen LogP contribution in [0.5, 0.6) is 0 Å². The zero-order valence-electron chi connectivity index (χ0n) is 10.6. The van der Waals surface area contributed by atoms with Crippen molar-refractivity contribution < 1.29 is 0 Å². The third-order valence-corrected chi connectivity index (χ3v) is 2.43. The van der Waals surface area contributed by atoms with Gasteiger partial charge in [0.25, 0.3) is 0 Å². The second-order valence-electron chi connectivity index (χ2n) is 5.03. The van der Waals surface area contributed by atoms with Crippen LogP contribution in [0.2, 0.25) is 5.02 Å². The van der Waals surface area contributed by atoms with E-state index in [2.05, 4.69) is 37.6 Å². The molecule has 2 nitrogen and oxygen atoms in total. The van der Waals surface area contributed by atoms with Gasteiger partial charge < -0.3 is 4.90 Å². The van der Waals surface area contributed by atoms with E-state index in [1.807, 2.05) is 12.1 Å². The van der Waals surface area contributed by atoms with Gasteiger partial charge in [-0.25, -0.2) is 4.98 Å². The molecule has 0 aliphatic carbocycles. The van der Waals surface area contributed by atoms with Crippen molar-refractivity contribution in [3.05, 3.63) is 23.4 Å². The molecule has 0 radical (unpaired) electrons. The van der Waals surface area contributed by atoms with Gasteiger partial charge in [-0.05, 0) is 24.0 Å². The number of halogens is 1. The fraction of sp³-hybridized carbons (Fsp3) is 0.615. The minimum Gasteiger partial charge on any atom is -0.356 e. The lowest BCUT2D eigenvalue weighted by Crippen LogP contribution is -2.31. The average Bonchev–Trinajstić information content (AvgIpc) is 2.16. The summed E-state index contributed by atoms with van der Waals surface area (Å²) in [6.07, 6.45) is 1.71. The van der Waals surface area contributed by atoms with Crippen LogP contribution in [0.1, 0.15) is 27.7 Å². The van der Waals surface area contributed by atoms with E-state index in [-0.39, 0.29) is 0 Å². The Morgan fingerprint density at radius 1 is 1.12 bits per heavy atom. The highest BCUT2D eigenvalue weighted by Crippen LogP contribution is 2.17. The van der Waals surface area contributed by atoms with Crippen LogP contribution in [0.25, 0.3) is 0 Å². The van der Waals surface area contributed by atoms with Gasteiger partial charge in [-0.2, -0.15) is 0 Å². The molecule has 3 heteroatoms. The van der Waals surface area contributed by atoms with E-state index in [9.17, 15) is 0 Å². The molecule has 16 heavy (non-hydrogen) atoms. The van der Waals surface area contributed by atoms with Crippen molar-refractivity contribution in [3.8, 4) is 0 Å². The van der Waals surface area contributed by atoms with Crippen LogP contribution in [0, 0.1) is 11.8 Å². The molecule has 0 unspecified atom stereocenters. The molecule has 0 bridgehead atoms. The number of hydrogen-bond acceptors (Lipinski definition) is 2. The lowest BCUT2D eigenvalue weighted by molar-refractivity contribution is 0.549. The number of pyridine rings is 1. The molecule has 90 valence electrons. The summed E-state index contributed by atoms with van der Waals surface area (Å²) < 4.78 is 0. The van der Waals surface area contributed by atoms with E-state index in [4.69, 9.17) is 11.6 Å². The SMILES string of the molecule is CC(C)CN(CC(C)C)c1ccc(Cl)cn1. The van der Waals surface area contributed by atoms with Crippen molar-refractivity contribution in [2.45, 2.75) is 27.7 Å². The Labute approximate surface area is 104 Å². The highest BCUT2D eigenvalue weighted by atomic mass is 35.5. The summed E-state index contributed by atoms with van der Waals surface area (Å²) in [5.41, 5.74) is 0. The van der Waals surface area contributed by atoms with Crippen LogP contribution in [-0.2, 0) is 0 Å². The Kier molecular flexibility index (Phi) is 5.07. The summed E-state index contributed by atoms with van der Waals surface area (Å²) in [5, 5.41) is 0.692. The van der Waals surface area contributed by atoms with E-state index in [0.29, 0.717) is 16.9 Å². The molecule has 0 aliphatic rings. The van der Waals surface area contributed by atoms with Crippen molar-refractivity contribution in [2.24, 2.45) is 11.8 Å². The lowest BCUT2D eigenvalue weighted by Gasteiger charge is -2.27.